The third-order valence-electron chi connectivity index (χ3n) is 2.74. The largest absolute Gasteiger partial charge is 0.398 e. The van der Waals surface area contributed by atoms with Gasteiger partial charge in [-0.25, -0.2) is 0 Å². The van der Waals surface area contributed by atoms with E-state index in [1.54, 1.807) is 12.1 Å². The Balaban J connectivity index is 2.04. The number of nitrogen functional groups attached to an aromatic ring is 1. The van der Waals surface area contributed by atoms with Crippen LogP contribution in [0.1, 0.15) is 5.56 Å². The van der Waals surface area contributed by atoms with Crippen molar-refractivity contribution >= 4 is 17.3 Å². The second kappa shape index (κ2) is 5.16. The van der Waals surface area contributed by atoms with Crippen molar-refractivity contribution in [2.24, 2.45) is 0 Å². The molecule has 2 rings (SSSR count). The minimum Gasteiger partial charge on any atom is -0.398 e. The average molecular weight is 236 g/mol. The van der Waals surface area contributed by atoms with Crippen molar-refractivity contribution in [3.05, 3.63) is 23.8 Å². The van der Waals surface area contributed by atoms with E-state index in [0.717, 1.165) is 5.56 Å². The van der Waals surface area contributed by atoms with Crippen LogP contribution >= 0.6 is 0 Å². The molecule has 17 heavy (non-hydrogen) atoms. The minimum absolute atomic E-state index is 0.196. The number of nitrogens with two attached hydrogens (primary N) is 1. The molecule has 3 N–H and O–H groups in total. The van der Waals surface area contributed by atoms with Gasteiger partial charge in [0.2, 0.25) is 0 Å². The number of anilines is 2. The fourth-order valence-corrected chi connectivity index (χ4v) is 1.64. The Morgan fingerprint density at radius 3 is 3.00 bits per heavy atom. The maximum Gasteiger partial charge on any atom is 0.255 e. The monoisotopic (exact) mass is 236 g/mol. The molecule has 0 saturated carbocycles. The number of benzene rings is 1. The van der Waals surface area contributed by atoms with Gasteiger partial charge in [-0.2, -0.15) is 0 Å². The van der Waals surface area contributed by atoms with Crippen LogP contribution < -0.4 is 11.1 Å². The summed E-state index contributed by atoms with van der Waals surface area (Å²) in [6.07, 6.45) is -0.537. The Morgan fingerprint density at radius 2 is 2.29 bits per heavy atom. The van der Waals surface area contributed by atoms with Gasteiger partial charge in [0.25, 0.3) is 5.91 Å². The molecule has 5 nitrogen and oxygen atoms in total. The van der Waals surface area contributed by atoms with E-state index < -0.39 is 6.10 Å². The van der Waals surface area contributed by atoms with Crippen molar-refractivity contribution in [1.82, 2.24) is 0 Å². The van der Waals surface area contributed by atoms with E-state index in [1.165, 1.54) is 0 Å². The van der Waals surface area contributed by atoms with Crippen molar-refractivity contribution in [2.45, 2.75) is 13.0 Å². The van der Waals surface area contributed by atoms with Gasteiger partial charge in [0.1, 0.15) is 0 Å². The smallest absolute Gasteiger partial charge is 0.255 e. The normalized spacial score (nSPS) is 19.9. The van der Waals surface area contributed by atoms with E-state index in [9.17, 15) is 4.79 Å². The summed E-state index contributed by atoms with van der Waals surface area (Å²) in [4.78, 5) is 11.9. The molecule has 5 heteroatoms. The Labute approximate surface area is 99.9 Å². The molecule has 1 aliphatic rings. The van der Waals surface area contributed by atoms with Gasteiger partial charge in [-0.1, -0.05) is 6.07 Å². The van der Waals surface area contributed by atoms with Crippen molar-refractivity contribution < 1.29 is 14.3 Å². The SMILES string of the molecule is Cc1c(N)cccc1NC(=O)C1COCCO1. The third kappa shape index (κ3) is 2.75. The molecule has 1 aromatic rings. The summed E-state index contributed by atoms with van der Waals surface area (Å²) >= 11 is 0. The number of rotatable bonds is 2. The molecule has 0 aromatic heterocycles. The number of hydrogen-bond donors (Lipinski definition) is 2. The lowest BCUT2D eigenvalue weighted by Gasteiger charge is -2.22. The maximum absolute atomic E-state index is 11.9. The van der Waals surface area contributed by atoms with Crippen LogP contribution in [0.4, 0.5) is 11.4 Å². The van der Waals surface area contributed by atoms with E-state index in [-0.39, 0.29) is 5.91 Å². The second-order valence-corrected chi connectivity index (χ2v) is 3.94. The van der Waals surface area contributed by atoms with Crippen LogP contribution in [0.5, 0.6) is 0 Å². The van der Waals surface area contributed by atoms with E-state index in [1.807, 2.05) is 13.0 Å². The lowest BCUT2D eigenvalue weighted by atomic mass is 10.1. The molecule has 1 aliphatic heterocycles. The molecule has 1 unspecified atom stereocenters. The number of amides is 1. The molecular weight excluding hydrogens is 220 g/mol. The summed E-state index contributed by atoms with van der Waals surface area (Å²) in [6, 6.07) is 5.41. The lowest BCUT2D eigenvalue weighted by molar-refractivity contribution is -0.142. The van der Waals surface area contributed by atoms with E-state index >= 15 is 0 Å². The molecule has 0 radical (unpaired) electrons. The van der Waals surface area contributed by atoms with Crippen molar-refractivity contribution in [3.8, 4) is 0 Å². The highest BCUT2D eigenvalue weighted by Gasteiger charge is 2.23. The maximum atomic E-state index is 11.9. The van der Waals surface area contributed by atoms with Gasteiger partial charge in [-0.05, 0) is 24.6 Å². The number of carbonyl (C=O) groups excluding carboxylic acids is 1. The van der Waals surface area contributed by atoms with Gasteiger partial charge in [-0.15, -0.1) is 0 Å². The quantitative estimate of drug-likeness (QED) is 0.749. The van der Waals surface area contributed by atoms with E-state index in [2.05, 4.69) is 5.32 Å². The number of ether oxygens (including phenoxy) is 2. The summed E-state index contributed by atoms with van der Waals surface area (Å²) in [5, 5.41) is 2.80. The molecule has 92 valence electrons. The first-order valence-corrected chi connectivity index (χ1v) is 5.54. The zero-order valence-corrected chi connectivity index (χ0v) is 9.73. The minimum atomic E-state index is -0.537. The Kier molecular flexibility index (Phi) is 3.61. The first-order chi connectivity index (χ1) is 8.18. The zero-order chi connectivity index (χ0) is 12.3. The van der Waals surface area contributed by atoms with Crippen LogP contribution in [-0.4, -0.2) is 31.8 Å². The standard InChI is InChI=1S/C12H16N2O3/c1-8-9(13)3-2-4-10(8)14-12(15)11-7-16-5-6-17-11/h2-4,11H,5-7,13H2,1H3,(H,14,15). The van der Waals surface area contributed by atoms with Crippen molar-refractivity contribution in [3.63, 3.8) is 0 Å². The van der Waals surface area contributed by atoms with Gasteiger partial charge < -0.3 is 20.5 Å². The Hall–Kier alpha value is -1.59. The van der Waals surface area contributed by atoms with Crippen molar-refractivity contribution in [2.75, 3.05) is 30.9 Å². The first-order valence-electron chi connectivity index (χ1n) is 5.54. The lowest BCUT2D eigenvalue weighted by Crippen LogP contribution is -2.39. The van der Waals surface area contributed by atoms with Crippen LogP contribution in [0.25, 0.3) is 0 Å². The fraction of sp³-hybridized carbons (Fsp3) is 0.417. The second-order valence-electron chi connectivity index (χ2n) is 3.94. The van der Waals surface area contributed by atoms with E-state index in [4.69, 9.17) is 15.2 Å². The molecule has 1 heterocycles. The van der Waals surface area contributed by atoms with Gasteiger partial charge >= 0.3 is 0 Å². The molecule has 0 spiro atoms. The summed E-state index contributed by atoms with van der Waals surface area (Å²) < 4.78 is 10.5. The molecular formula is C12H16N2O3. The third-order valence-corrected chi connectivity index (χ3v) is 2.74. The summed E-state index contributed by atoms with van der Waals surface area (Å²) in [7, 11) is 0. The Morgan fingerprint density at radius 1 is 1.47 bits per heavy atom. The molecule has 1 atom stereocenters. The summed E-state index contributed by atoms with van der Waals surface area (Å²) in [6.45, 7) is 3.16. The van der Waals surface area contributed by atoms with Gasteiger partial charge in [0.15, 0.2) is 6.10 Å². The molecule has 1 amide bonds. The highest BCUT2D eigenvalue weighted by molar-refractivity contribution is 5.95. The fourth-order valence-electron chi connectivity index (χ4n) is 1.64. The Bertz CT molecular complexity index is 414. The van der Waals surface area contributed by atoms with Crippen molar-refractivity contribution in [1.29, 1.82) is 0 Å². The number of hydrogen-bond acceptors (Lipinski definition) is 4. The molecule has 1 fully saturated rings. The number of nitrogens with one attached hydrogen (secondary N) is 1. The zero-order valence-electron chi connectivity index (χ0n) is 9.73. The molecule has 0 bridgehead atoms. The highest BCUT2D eigenvalue weighted by atomic mass is 16.6. The summed E-state index contributed by atoms with van der Waals surface area (Å²) in [5.41, 5.74) is 7.99. The number of carbonyl (C=O) groups is 1. The van der Waals surface area contributed by atoms with Crippen LogP contribution in [0.15, 0.2) is 18.2 Å². The van der Waals surface area contributed by atoms with Crippen LogP contribution in [0.2, 0.25) is 0 Å². The predicted octanol–water partition coefficient (Wildman–Crippen LogP) is 0.931. The van der Waals surface area contributed by atoms with Gasteiger partial charge in [0.05, 0.1) is 19.8 Å². The van der Waals surface area contributed by atoms with Gasteiger partial charge in [-0.3, -0.25) is 4.79 Å². The van der Waals surface area contributed by atoms with Crippen LogP contribution in [0.3, 0.4) is 0 Å². The first kappa shape index (κ1) is 11.9. The van der Waals surface area contributed by atoms with Crippen LogP contribution in [0, 0.1) is 6.92 Å². The average Bonchev–Trinajstić information content (AvgIpc) is 2.36. The molecule has 1 saturated heterocycles. The predicted molar refractivity (Wildman–Crippen MR) is 64.8 cm³/mol. The summed E-state index contributed by atoms with van der Waals surface area (Å²) in [5.74, 6) is -0.196. The van der Waals surface area contributed by atoms with Gasteiger partial charge in [0, 0.05) is 11.4 Å². The molecule has 1 aromatic carbocycles. The highest BCUT2D eigenvalue weighted by Crippen LogP contribution is 2.20. The van der Waals surface area contributed by atoms with Crippen LogP contribution in [-0.2, 0) is 14.3 Å². The topological polar surface area (TPSA) is 73.6 Å². The van der Waals surface area contributed by atoms with E-state index in [0.29, 0.717) is 31.2 Å². The molecule has 0 aliphatic carbocycles.